The maximum atomic E-state index is 6.42. The van der Waals surface area contributed by atoms with Crippen LogP contribution in [0.25, 0.3) is 0 Å². The molecule has 1 saturated carbocycles. The highest BCUT2D eigenvalue weighted by atomic mass is 28.4. The Kier molecular flexibility index (Phi) is 4.84. The van der Waals surface area contributed by atoms with Crippen LogP contribution in [0.1, 0.15) is 47.5 Å². The lowest BCUT2D eigenvalue weighted by atomic mass is 9.88. The van der Waals surface area contributed by atoms with Gasteiger partial charge in [0.15, 0.2) is 8.32 Å². The summed E-state index contributed by atoms with van der Waals surface area (Å²) < 4.78 is 6.42. The normalized spacial score (nSPS) is 26.1. The second-order valence-electron chi connectivity index (χ2n) is 6.85. The summed E-state index contributed by atoms with van der Waals surface area (Å²) in [6.07, 6.45) is 3.02. The summed E-state index contributed by atoms with van der Waals surface area (Å²) in [5.74, 6) is 0. The van der Waals surface area contributed by atoms with Gasteiger partial charge in [0, 0.05) is 12.1 Å². The molecule has 1 rings (SSSR count). The third-order valence-corrected chi connectivity index (χ3v) is 9.20. The summed E-state index contributed by atoms with van der Waals surface area (Å²) in [6, 6.07) is 0.778. The van der Waals surface area contributed by atoms with Crippen LogP contribution >= 0.6 is 0 Å². The van der Waals surface area contributed by atoms with Crippen LogP contribution in [0.4, 0.5) is 0 Å². The zero-order chi connectivity index (χ0) is 13.3. The molecule has 0 atom stereocenters. The van der Waals surface area contributed by atoms with E-state index in [1.54, 1.807) is 0 Å². The van der Waals surface area contributed by atoms with Gasteiger partial charge in [-0.1, -0.05) is 34.6 Å². The Labute approximate surface area is 109 Å². The lowest BCUT2D eigenvalue weighted by Gasteiger charge is -2.47. The first kappa shape index (κ1) is 15.2. The molecule has 0 aromatic rings. The van der Waals surface area contributed by atoms with E-state index in [1.165, 1.54) is 25.9 Å². The lowest BCUT2D eigenvalue weighted by Crippen LogP contribution is -2.53. The molecule has 1 aliphatic carbocycles. The average molecular weight is 257 g/mol. The van der Waals surface area contributed by atoms with Gasteiger partial charge in [0.1, 0.15) is 0 Å². The molecule has 0 aromatic carbocycles. The van der Waals surface area contributed by atoms with Crippen molar-refractivity contribution in [3.8, 4) is 0 Å². The summed E-state index contributed by atoms with van der Waals surface area (Å²) >= 11 is 0. The second-order valence-corrected chi connectivity index (χ2v) is 11.6. The third-order valence-electron chi connectivity index (χ3n) is 4.67. The Balaban J connectivity index is 2.39. The van der Waals surface area contributed by atoms with E-state index in [0.29, 0.717) is 11.1 Å². The predicted octanol–water partition coefficient (Wildman–Crippen LogP) is 3.88. The highest BCUT2D eigenvalue weighted by Crippen LogP contribution is 2.40. The van der Waals surface area contributed by atoms with E-state index in [4.69, 9.17) is 4.43 Å². The highest BCUT2D eigenvalue weighted by molar-refractivity contribution is 6.74. The molecule has 0 aromatic heterocycles. The Hall–Kier alpha value is 0.137. The lowest BCUT2D eigenvalue weighted by molar-refractivity contribution is 0.0136. The molecule has 0 amide bonds. The van der Waals surface area contributed by atoms with Crippen LogP contribution in [0.2, 0.25) is 18.1 Å². The van der Waals surface area contributed by atoms with Gasteiger partial charge >= 0.3 is 0 Å². The largest absolute Gasteiger partial charge is 0.414 e. The first-order valence-corrected chi connectivity index (χ1v) is 10.0. The Morgan fingerprint density at radius 2 is 1.59 bits per heavy atom. The zero-order valence-electron chi connectivity index (χ0n) is 12.8. The van der Waals surface area contributed by atoms with Gasteiger partial charge in [0.25, 0.3) is 0 Å². The van der Waals surface area contributed by atoms with Gasteiger partial charge in [-0.05, 0) is 44.1 Å². The first-order valence-electron chi connectivity index (χ1n) is 7.13. The van der Waals surface area contributed by atoms with Gasteiger partial charge in [-0.3, -0.25) is 0 Å². The molecule has 2 nitrogen and oxygen atoms in total. The van der Waals surface area contributed by atoms with Gasteiger partial charge in [-0.15, -0.1) is 0 Å². The number of hydrogen-bond acceptors (Lipinski definition) is 2. The fraction of sp³-hybridized carbons (Fsp3) is 1.00. The molecular weight excluding hydrogens is 226 g/mol. The third kappa shape index (κ3) is 3.55. The minimum Gasteiger partial charge on any atom is -0.414 e. The van der Waals surface area contributed by atoms with Crippen molar-refractivity contribution in [1.29, 1.82) is 0 Å². The van der Waals surface area contributed by atoms with E-state index in [9.17, 15) is 0 Å². The summed E-state index contributed by atoms with van der Waals surface area (Å²) in [5, 5.41) is 0.341. The molecule has 0 aliphatic heterocycles. The van der Waals surface area contributed by atoms with Crippen LogP contribution in [0, 0.1) is 0 Å². The molecule has 0 unspecified atom stereocenters. The molecule has 0 heterocycles. The minimum absolute atomic E-state index is 0.341. The van der Waals surface area contributed by atoms with E-state index >= 15 is 0 Å². The molecule has 17 heavy (non-hydrogen) atoms. The molecule has 0 spiro atoms. The number of nitrogens with zero attached hydrogens (tertiary/aromatic N) is 1. The van der Waals surface area contributed by atoms with Gasteiger partial charge in [0.2, 0.25) is 0 Å². The van der Waals surface area contributed by atoms with Crippen molar-refractivity contribution in [1.82, 2.24) is 4.90 Å². The van der Waals surface area contributed by atoms with Crippen LogP contribution in [-0.2, 0) is 4.43 Å². The smallest absolute Gasteiger partial charge is 0.192 e. The Morgan fingerprint density at radius 3 is 1.94 bits per heavy atom. The zero-order valence-corrected chi connectivity index (χ0v) is 13.8. The standard InChI is InChI=1S/C14H31NOSi/c1-8-15(9-2)12-10-13(11-12)16-17(6,7)14(3,4)5/h12-13H,8-11H2,1-7H3. The minimum atomic E-state index is -1.54. The van der Waals surface area contributed by atoms with E-state index in [2.05, 4.69) is 52.6 Å². The molecule has 0 N–H and O–H groups in total. The van der Waals surface area contributed by atoms with E-state index in [-0.39, 0.29) is 0 Å². The first-order chi connectivity index (χ1) is 7.71. The quantitative estimate of drug-likeness (QED) is 0.693. The van der Waals surface area contributed by atoms with Gasteiger partial charge in [-0.2, -0.15) is 0 Å². The molecule has 0 radical (unpaired) electrons. The molecule has 0 saturated heterocycles. The predicted molar refractivity (Wildman–Crippen MR) is 78.0 cm³/mol. The van der Waals surface area contributed by atoms with Gasteiger partial charge in [0.05, 0.1) is 0 Å². The molecule has 1 fully saturated rings. The Bertz CT molecular complexity index is 237. The monoisotopic (exact) mass is 257 g/mol. The highest BCUT2D eigenvalue weighted by Gasteiger charge is 2.43. The van der Waals surface area contributed by atoms with Crippen LogP contribution in [-0.4, -0.2) is 38.5 Å². The number of rotatable bonds is 5. The van der Waals surface area contributed by atoms with Crippen molar-refractivity contribution in [3.63, 3.8) is 0 Å². The van der Waals surface area contributed by atoms with Crippen LogP contribution in [0.3, 0.4) is 0 Å². The van der Waals surface area contributed by atoms with E-state index < -0.39 is 8.32 Å². The van der Waals surface area contributed by atoms with Gasteiger partial charge in [-0.25, -0.2) is 0 Å². The van der Waals surface area contributed by atoms with E-state index in [0.717, 1.165) is 6.04 Å². The topological polar surface area (TPSA) is 12.5 Å². The van der Waals surface area contributed by atoms with Crippen molar-refractivity contribution in [2.75, 3.05) is 13.1 Å². The second kappa shape index (κ2) is 5.41. The molecular formula is C14H31NOSi. The van der Waals surface area contributed by atoms with Crippen LogP contribution in [0.5, 0.6) is 0 Å². The Morgan fingerprint density at radius 1 is 1.12 bits per heavy atom. The SMILES string of the molecule is CCN(CC)C1CC(O[Si](C)(C)C(C)(C)C)C1. The fourth-order valence-corrected chi connectivity index (χ4v) is 3.65. The summed E-state index contributed by atoms with van der Waals surface area (Å²) in [4.78, 5) is 2.56. The average Bonchev–Trinajstić information content (AvgIpc) is 2.13. The molecule has 3 heteroatoms. The van der Waals surface area contributed by atoms with Crippen molar-refractivity contribution >= 4 is 8.32 Å². The fourth-order valence-electron chi connectivity index (χ4n) is 2.27. The number of hydrogen-bond donors (Lipinski definition) is 0. The molecule has 1 aliphatic rings. The van der Waals surface area contributed by atoms with Crippen LogP contribution in [0.15, 0.2) is 0 Å². The summed E-state index contributed by atoms with van der Waals surface area (Å²) in [6.45, 7) is 18.5. The maximum Gasteiger partial charge on any atom is 0.192 e. The summed E-state index contributed by atoms with van der Waals surface area (Å²) in [5.41, 5.74) is 0. The maximum absolute atomic E-state index is 6.42. The summed E-state index contributed by atoms with van der Waals surface area (Å²) in [7, 11) is -1.54. The van der Waals surface area contributed by atoms with Crippen molar-refractivity contribution in [3.05, 3.63) is 0 Å². The van der Waals surface area contributed by atoms with E-state index in [1.807, 2.05) is 0 Å². The van der Waals surface area contributed by atoms with Crippen molar-refractivity contribution < 1.29 is 4.43 Å². The molecule has 0 bridgehead atoms. The van der Waals surface area contributed by atoms with Crippen molar-refractivity contribution in [2.45, 2.75) is 77.7 Å². The van der Waals surface area contributed by atoms with Crippen LogP contribution < -0.4 is 0 Å². The van der Waals surface area contributed by atoms with Gasteiger partial charge < -0.3 is 9.33 Å². The van der Waals surface area contributed by atoms with Crippen molar-refractivity contribution in [2.24, 2.45) is 0 Å². The molecule has 102 valence electrons.